The molecule has 0 unspecified atom stereocenters. The van der Waals surface area contributed by atoms with Crippen LogP contribution in [0.1, 0.15) is 31.4 Å². The summed E-state index contributed by atoms with van der Waals surface area (Å²) in [6, 6.07) is 4.66. The van der Waals surface area contributed by atoms with Gasteiger partial charge in [-0.2, -0.15) is 0 Å². The van der Waals surface area contributed by atoms with Gasteiger partial charge in [-0.25, -0.2) is 0 Å². The first-order chi connectivity index (χ1) is 7.84. The van der Waals surface area contributed by atoms with Gasteiger partial charge in [-0.05, 0) is 56.7 Å². The van der Waals surface area contributed by atoms with Crippen LogP contribution < -0.4 is 11.1 Å². The van der Waals surface area contributed by atoms with Crippen LogP contribution in [0.5, 0.6) is 0 Å². The van der Waals surface area contributed by atoms with Crippen molar-refractivity contribution in [2.75, 3.05) is 13.1 Å². The monoisotopic (exact) mass is 221 g/mol. The Morgan fingerprint density at radius 3 is 2.81 bits per heavy atom. The van der Waals surface area contributed by atoms with E-state index in [1.165, 1.54) is 31.4 Å². The number of aromatic amines is 1. The quantitative estimate of drug-likeness (QED) is 0.662. The molecule has 1 aliphatic carbocycles. The Labute approximate surface area is 97.8 Å². The van der Waals surface area contributed by atoms with E-state index in [4.69, 9.17) is 5.73 Å². The summed E-state index contributed by atoms with van der Waals surface area (Å²) in [5, 5.41) is 3.55. The highest BCUT2D eigenvalue weighted by Crippen LogP contribution is 2.22. The van der Waals surface area contributed by atoms with Gasteiger partial charge in [-0.1, -0.05) is 0 Å². The number of hydrogen-bond donors (Lipinski definition) is 3. The van der Waals surface area contributed by atoms with Crippen molar-refractivity contribution in [2.24, 2.45) is 11.7 Å². The molecule has 16 heavy (non-hydrogen) atoms. The van der Waals surface area contributed by atoms with Crippen molar-refractivity contribution < 1.29 is 0 Å². The third-order valence-electron chi connectivity index (χ3n) is 3.56. The van der Waals surface area contributed by atoms with Crippen LogP contribution in [-0.2, 0) is 6.42 Å². The first kappa shape index (κ1) is 11.7. The first-order valence-corrected chi connectivity index (χ1v) is 6.43. The number of aromatic nitrogens is 1. The van der Waals surface area contributed by atoms with Crippen molar-refractivity contribution >= 4 is 0 Å². The van der Waals surface area contributed by atoms with E-state index in [0.29, 0.717) is 6.04 Å². The minimum absolute atomic E-state index is 0.468. The molecule has 0 saturated heterocycles. The van der Waals surface area contributed by atoms with Crippen LogP contribution in [0.15, 0.2) is 18.3 Å². The molecule has 0 bridgehead atoms. The van der Waals surface area contributed by atoms with E-state index < -0.39 is 0 Å². The summed E-state index contributed by atoms with van der Waals surface area (Å²) in [6.07, 6.45) is 8.11. The van der Waals surface area contributed by atoms with Crippen LogP contribution in [0.4, 0.5) is 0 Å². The third-order valence-corrected chi connectivity index (χ3v) is 3.56. The number of hydrogen-bond acceptors (Lipinski definition) is 2. The molecular weight excluding hydrogens is 198 g/mol. The van der Waals surface area contributed by atoms with Gasteiger partial charge in [0.15, 0.2) is 0 Å². The Hall–Kier alpha value is -0.800. The molecule has 0 atom stereocenters. The van der Waals surface area contributed by atoms with Crippen LogP contribution >= 0.6 is 0 Å². The van der Waals surface area contributed by atoms with Crippen LogP contribution in [-0.4, -0.2) is 24.1 Å². The highest BCUT2D eigenvalue weighted by atomic mass is 14.9. The smallest absolute Gasteiger partial charge is 0.0159 e. The lowest BCUT2D eigenvalue weighted by atomic mass is 9.86. The molecule has 3 nitrogen and oxygen atoms in total. The average Bonchev–Trinajstić information content (AvgIpc) is 2.80. The lowest BCUT2D eigenvalue weighted by Crippen LogP contribution is -2.32. The normalized spacial score (nSPS) is 25.8. The van der Waals surface area contributed by atoms with Crippen LogP contribution in [0, 0.1) is 5.92 Å². The maximum atomic E-state index is 5.89. The Morgan fingerprint density at radius 1 is 1.31 bits per heavy atom. The summed E-state index contributed by atoms with van der Waals surface area (Å²) in [5.74, 6) is 0.850. The van der Waals surface area contributed by atoms with Crippen molar-refractivity contribution in [3.05, 3.63) is 24.0 Å². The molecule has 1 aromatic heterocycles. The van der Waals surface area contributed by atoms with E-state index >= 15 is 0 Å². The predicted octanol–water partition coefficient (Wildman–Crippen LogP) is 1.66. The molecule has 0 radical (unpaired) electrons. The van der Waals surface area contributed by atoms with E-state index in [0.717, 1.165) is 25.4 Å². The minimum Gasteiger partial charge on any atom is -0.365 e. The highest BCUT2D eigenvalue weighted by molar-refractivity contribution is 5.03. The third kappa shape index (κ3) is 3.65. The second-order valence-electron chi connectivity index (χ2n) is 4.93. The van der Waals surface area contributed by atoms with Gasteiger partial charge in [0.05, 0.1) is 0 Å². The summed E-state index contributed by atoms with van der Waals surface area (Å²) in [5.41, 5.74) is 7.21. The molecule has 4 N–H and O–H groups in total. The molecule has 0 amide bonds. The Bertz CT molecular complexity index is 273. The molecule has 1 aliphatic rings. The number of nitrogens with one attached hydrogen (secondary N) is 2. The molecule has 1 aromatic rings. The molecule has 0 aromatic carbocycles. The molecule has 1 saturated carbocycles. The van der Waals surface area contributed by atoms with Crippen LogP contribution in [0.2, 0.25) is 0 Å². The molecule has 3 heteroatoms. The molecular formula is C13H23N3. The van der Waals surface area contributed by atoms with E-state index in [-0.39, 0.29) is 0 Å². The fourth-order valence-electron chi connectivity index (χ4n) is 2.44. The van der Waals surface area contributed by atoms with E-state index in [1.54, 1.807) is 0 Å². The standard InChI is InChI=1S/C13H23N3/c14-12-5-3-11(4-6-12)10-15-9-7-13-2-1-8-16-13/h1-2,8,11-12,15-16H,3-7,9-10,14H2. The maximum Gasteiger partial charge on any atom is 0.0159 e. The summed E-state index contributed by atoms with van der Waals surface area (Å²) < 4.78 is 0. The van der Waals surface area contributed by atoms with Gasteiger partial charge in [0.2, 0.25) is 0 Å². The summed E-state index contributed by atoms with van der Waals surface area (Å²) >= 11 is 0. The van der Waals surface area contributed by atoms with E-state index in [2.05, 4.69) is 22.4 Å². The minimum atomic E-state index is 0.468. The summed E-state index contributed by atoms with van der Waals surface area (Å²) in [7, 11) is 0. The molecule has 1 heterocycles. The number of nitrogens with two attached hydrogens (primary N) is 1. The fourth-order valence-corrected chi connectivity index (χ4v) is 2.44. The lowest BCUT2D eigenvalue weighted by molar-refractivity contribution is 0.315. The van der Waals surface area contributed by atoms with E-state index in [1.807, 2.05) is 6.20 Å². The maximum absolute atomic E-state index is 5.89. The van der Waals surface area contributed by atoms with Gasteiger partial charge in [-0.3, -0.25) is 0 Å². The zero-order chi connectivity index (χ0) is 11.2. The topological polar surface area (TPSA) is 53.8 Å². The number of rotatable bonds is 5. The van der Waals surface area contributed by atoms with Crippen molar-refractivity contribution in [2.45, 2.75) is 38.1 Å². The molecule has 0 aliphatic heterocycles. The summed E-state index contributed by atoms with van der Waals surface area (Å²) in [6.45, 7) is 2.23. The van der Waals surface area contributed by atoms with Gasteiger partial charge in [0, 0.05) is 24.5 Å². The van der Waals surface area contributed by atoms with Crippen LogP contribution in [0.25, 0.3) is 0 Å². The van der Waals surface area contributed by atoms with Gasteiger partial charge < -0.3 is 16.0 Å². The molecule has 90 valence electrons. The van der Waals surface area contributed by atoms with Crippen molar-refractivity contribution in [3.63, 3.8) is 0 Å². The van der Waals surface area contributed by atoms with Gasteiger partial charge >= 0.3 is 0 Å². The van der Waals surface area contributed by atoms with Crippen LogP contribution in [0.3, 0.4) is 0 Å². The van der Waals surface area contributed by atoms with Gasteiger partial charge in [0.25, 0.3) is 0 Å². The Balaban J connectivity index is 1.55. The van der Waals surface area contributed by atoms with E-state index in [9.17, 15) is 0 Å². The zero-order valence-corrected chi connectivity index (χ0v) is 9.91. The summed E-state index contributed by atoms with van der Waals surface area (Å²) in [4.78, 5) is 3.22. The SMILES string of the molecule is NC1CCC(CNCCc2ccc[nH]2)CC1. The van der Waals surface area contributed by atoms with Gasteiger partial charge in [0.1, 0.15) is 0 Å². The van der Waals surface area contributed by atoms with Crippen molar-refractivity contribution in [1.82, 2.24) is 10.3 Å². The molecule has 2 rings (SSSR count). The Kier molecular flexibility index (Phi) is 4.43. The molecule has 1 fully saturated rings. The van der Waals surface area contributed by atoms with Gasteiger partial charge in [-0.15, -0.1) is 0 Å². The zero-order valence-electron chi connectivity index (χ0n) is 9.91. The lowest BCUT2D eigenvalue weighted by Gasteiger charge is -2.26. The Morgan fingerprint density at radius 2 is 2.12 bits per heavy atom. The van der Waals surface area contributed by atoms with Crippen molar-refractivity contribution in [1.29, 1.82) is 0 Å². The second kappa shape index (κ2) is 6.06. The number of H-pyrrole nitrogens is 1. The predicted molar refractivity (Wildman–Crippen MR) is 67.3 cm³/mol. The molecule has 0 spiro atoms. The largest absolute Gasteiger partial charge is 0.365 e. The fraction of sp³-hybridized carbons (Fsp3) is 0.692. The highest BCUT2D eigenvalue weighted by Gasteiger charge is 2.17. The second-order valence-corrected chi connectivity index (χ2v) is 4.93. The van der Waals surface area contributed by atoms with Crippen molar-refractivity contribution in [3.8, 4) is 0 Å². The first-order valence-electron chi connectivity index (χ1n) is 6.43. The average molecular weight is 221 g/mol.